The lowest BCUT2D eigenvalue weighted by atomic mass is 9.84. The Balaban J connectivity index is 1.29. The van der Waals surface area contributed by atoms with Crippen LogP contribution in [0.25, 0.3) is 5.65 Å². The lowest BCUT2D eigenvalue weighted by Crippen LogP contribution is -2.58. The summed E-state index contributed by atoms with van der Waals surface area (Å²) in [5.41, 5.74) is 3.46. The fraction of sp³-hybridized carbons (Fsp3) is 0.316. The van der Waals surface area contributed by atoms with E-state index in [1.807, 2.05) is 30.5 Å². The van der Waals surface area contributed by atoms with Crippen LogP contribution in [0.5, 0.6) is 0 Å². The van der Waals surface area contributed by atoms with Crippen LogP contribution in [-0.2, 0) is 11.3 Å². The number of hydrogen-bond donors (Lipinski definition) is 2. The van der Waals surface area contributed by atoms with E-state index >= 15 is 0 Å². The molecule has 0 bridgehead atoms. The number of anilines is 2. The summed E-state index contributed by atoms with van der Waals surface area (Å²) in [5.74, 6) is 0.0840. The second-order valence-corrected chi connectivity index (χ2v) is 7.08. The van der Waals surface area contributed by atoms with E-state index in [1.54, 1.807) is 10.8 Å². The molecule has 1 amide bonds. The highest BCUT2D eigenvalue weighted by atomic mass is 16.2. The van der Waals surface area contributed by atoms with E-state index < -0.39 is 5.54 Å². The summed E-state index contributed by atoms with van der Waals surface area (Å²) in [6, 6.07) is 12.0. The highest BCUT2D eigenvalue weighted by molar-refractivity contribution is 6.06. The van der Waals surface area contributed by atoms with Crippen LogP contribution < -0.4 is 10.6 Å². The van der Waals surface area contributed by atoms with Crippen LogP contribution in [0.2, 0.25) is 0 Å². The number of rotatable bonds is 2. The number of pyridine rings is 1. The molecule has 7 nitrogen and oxygen atoms in total. The van der Waals surface area contributed by atoms with Gasteiger partial charge in [0.2, 0.25) is 5.91 Å². The van der Waals surface area contributed by atoms with E-state index in [9.17, 15) is 4.79 Å². The zero-order valence-electron chi connectivity index (χ0n) is 14.4. The number of nitrogens with zero attached hydrogens (tertiary/aromatic N) is 4. The SMILES string of the molecule is O=C1Nc2ccccc2NC12CCN(Cc1ccn3ncnc3c1)CC2. The Kier molecular flexibility index (Phi) is 3.43. The fourth-order valence-electron chi connectivity index (χ4n) is 3.92. The first-order valence-corrected chi connectivity index (χ1v) is 8.91. The highest BCUT2D eigenvalue weighted by Gasteiger charge is 2.44. The van der Waals surface area contributed by atoms with Gasteiger partial charge in [0.25, 0.3) is 0 Å². The summed E-state index contributed by atoms with van der Waals surface area (Å²) in [7, 11) is 0. The van der Waals surface area contributed by atoms with Crippen LogP contribution in [0.3, 0.4) is 0 Å². The number of para-hydroxylation sites is 2. The minimum absolute atomic E-state index is 0.0840. The maximum Gasteiger partial charge on any atom is 0.250 e. The number of piperidine rings is 1. The number of likely N-dealkylation sites (tertiary alicyclic amines) is 1. The molecule has 1 spiro atoms. The maximum absolute atomic E-state index is 12.7. The van der Waals surface area contributed by atoms with Crippen molar-refractivity contribution < 1.29 is 4.79 Å². The molecular formula is C19H20N6O. The third kappa shape index (κ3) is 2.52. The summed E-state index contributed by atoms with van der Waals surface area (Å²) < 4.78 is 1.77. The van der Waals surface area contributed by atoms with Gasteiger partial charge in [-0.1, -0.05) is 12.1 Å². The standard InChI is InChI=1S/C19H20N6O/c26-18-19(23-16-4-2-1-3-15(16)22-18)6-9-24(10-7-19)12-14-5-8-25-17(11-14)20-13-21-25/h1-5,8,11,13,23H,6-7,9-10,12H2,(H,22,26). The largest absolute Gasteiger partial charge is 0.369 e. The summed E-state index contributed by atoms with van der Waals surface area (Å²) in [6.07, 6.45) is 5.09. The van der Waals surface area contributed by atoms with E-state index in [2.05, 4.69) is 37.7 Å². The van der Waals surface area contributed by atoms with Gasteiger partial charge in [0.05, 0.1) is 11.4 Å². The third-order valence-corrected chi connectivity index (χ3v) is 5.44. The summed E-state index contributed by atoms with van der Waals surface area (Å²) >= 11 is 0. The van der Waals surface area contributed by atoms with Crippen molar-refractivity contribution in [2.75, 3.05) is 23.7 Å². The number of fused-ring (bicyclic) bond motifs is 2. The van der Waals surface area contributed by atoms with Crippen LogP contribution >= 0.6 is 0 Å². The molecule has 7 heteroatoms. The number of carbonyl (C=O) groups is 1. The lowest BCUT2D eigenvalue weighted by molar-refractivity contribution is -0.122. The van der Waals surface area contributed by atoms with Crippen molar-refractivity contribution in [3.05, 3.63) is 54.5 Å². The predicted molar refractivity (Wildman–Crippen MR) is 98.9 cm³/mol. The number of carbonyl (C=O) groups excluding carboxylic acids is 1. The lowest BCUT2D eigenvalue weighted by Gasteiger charge is -2.44. The zero-order chi connectivity index (χ0) is 17.6. The van der Waals surface area contributed by atoms with Crippen molar-refractivity contribution in [2.45, 2.75) is 24.9 Å². The molecule has 3 aromatic rings. The first kappa shape index (κ1) is 15.3. The van der Waals surface area contributed by atoms with Crippen LogP contribution in [-0.4, -0.2) is 44.0 Å². The fourth-order valence-corrected chi connectivity index (χ4v) is 3.92. The molecule has 5 rings (SSSR count). The van der Waals surface area contributed by atoms with Crippen molar-refractivity contribution in [1.82, 2.24) is 19.5 Å². The summed E-state index contributed by atoms with van der Waals surface area (Å²) in [5, 5.41) is 10.7. The van der Waals surface area contributed by atoms with Gasteiger partial charge in [-0.05, 0) is 42.7 Å². The second-order valence-electron chi connectivity index (χ2n) is 7.08. The van der Waals surface area contributed by atoms with Crippen molar-refractivity contribution in [2.24, 2.45) is 0 Å². The number of aromatic nitrogens is 3. The van der Waals surface area contributed by atoms with Crippen molar-refractivity contribution in [3.8, 4) is 0 Å². The predicted octanol–water partition coefficient (Wildman–Crippen LogP) is 2.13. The normalized spacial score (nSPS) is 19.2. The van der Waals surface area contributed by atoms with Crippen LogP contribution in [0.1, 0.15) is 18.4 Å². The molecule has 132 valence electrons. The number of nitrogens with one attached hydrogen (secondary N) is 2. The van der Waals surface area contributed by atoms with Gasteiger partial charge in [-0.15, -0.1) is 0 Å². The molecule has 0 aliphatic carbocycles. The Morgan fingerprint density at radius 3 is 2.77 bits per heavy atom. The molecule has 2 aliphatic heterocycles. The van der Waals surface area contributed by atoms with Gasteiger partial charge in [-0.3, -0.25) is 9.69 Å². The van der Waals surface area contributed by atoms with Gasteiger partial charge in [0.15, 0.2) is 5.65 Å². The van der Waals surface area contributed by atoms with Gasteiger partial charge < -0.3 is 10.6 Å². The highest BCUT2D eigenvalue weighted by Crippen LogP contribution is 2.36. The minimum atomic E-state index is -0.498. The molecule has 1 aromatic carbocycles. The second kappa shape index (κ2) is 5.81. The van der Waals surface area contributed by atoms with E-state index in [4.69, 9.17) is 0 Å². The molecular weight excluding hydrogens is 328 g/mol. The number of benzene rings is 1. The molecule has 1 fully saturated rings. The van der Waals surface area contributed by atoms with E-state index in [-0.39, 0.29) is 5.91 Å². The Morgan fingerprint density at radius 2 is 1.92 bits per heavy atom. The molecule has 2 aliphatic rings. The number of amides is 1. The van der Waals surface area contributed by atoms with Crippen molar-refractivity contribution in [1.29, 1.82) is 0 Å². The van der Waals surface area contributed by atoms with Gasteiger partial charge in [0, 0.05) is 25.8 Å². The molecule has 2 N–H and O–H groups in total. The average molecular weight is 348 g/mol. The molecule has 0 saturated carbocycles. The first-order valence-electron chi connectivity index (χ1n) is 8.91. The first-order chi connectivity index (χ1) is 12.7. The van der Waals surface area contributed by atoms with Crippen LogP contribution in [0.15, 0.2) is 48.9 Å². The Labute approximate surface area is 151 Å². The van der Waals surface area contributed by atoms with E-state index in [0.29, 0.717) is 0 Å². The molecule has 1 saturated heterocycles. The quantitative estimate of drug-likeness (QED) is 0.742. The van der Waals surface area contributed by atoms with Crippen LogP contribution in [0.4, 0.5) is 11.4 Å². The van der Waals surface area contributed by atoms with Crippen molar-refractivity contribution in [3.63, 3.8) is 0 Å². The average Bonchev–Trinajstić information content (AvgIpc) is 3.12. The smallest absolute Gasteiger partial charge is 0.250 e. The molecule has 4 heterocycles. The topological polar surface area (TPSA) is 74.6 Å². The Hall–Kier alpha value is -2.93. The van der Waals surface area contributed by atoms with Gasteiger partial charge >= 0.3 is 0 Å². The van der Waals surface area contributed by atoms with Gasteiger partial charge in [-0.2, -0.15) is 5.10 Å². The summed E-state index contributed by atoms with van der Waals surface area (Å²) in [4.78, 5) is 19.3. The Morgan fingerprint density at radius 1 is 1.12 bits per heavy atom. The minimum Gasteiger partial charge on any atom is -0.369 e. The van der Waals surface area contributed by atoms with E-state index in [1.165, 1.54) is 5.56 Å². The molecule has 2 aromatic heterocycles. The monoisotopic (exact) mass is 348 g/mol. The Bertz CT molecular complexity index is 973. The molecule has 26 heavy (non-hydrogen) atoms. The molecule has 0 atom stereocenters. The van der Waals surface area contributed by atoms with Crippen molar-refractivity contribution >= 4 is 22.9 Å². The van der Waals surface area contributed by atoms with E-state index in [0.717, 1.165) is 49.5 Å². The maximum atomic E-state index is 12.7. The van der Waals surface area contributed by atoms with Gasteiger partial charge in [0.1, 0.15) is 11.9 Å². The third-order valence-electron chi connectivity index (χ3n) is 5.44. The zero-order valence-corrected chi connectivity index (χ0v) is 14.4. The van der Waals surface area contributed by atoms with Gasteiger partial charge in [-0.25, -0.2) is 9.50 Å². The summed E-state index contributed by atoms with van der Waals surface area (Å²) in [6.45, 7) is 2.61. The van der Waals surface area contributed by atoms with Crippen LogP contribution in [0, 0.1) is 0 Å². The molecule has 0 unspecified atom stereocenters. The number of hydrogen-bond acceptors (Lipinski definition) is 5. The molecule has 0 radical (unpaired) electrons.